The number of para-hydroxylation sites is 1. The van der Waals surface area contributed by atoms with Gasteiger partial charge in [-0.15, -0.1) is 0 Å². The van der Waals surface area contributed by atoms with Crippen LogP contribution in [-0.2, 0) is 196 Å². The molecule has 4 N–H and O–H groups in total. The summed E-state index contributed by atoms with van der Waals surface area (Å²) in [7, 11) is -3.09. The van der Waals surface area contributed by atoms with Crippen molar-refractivity contribution in [3.63, 3.8) is 0 Å². The second kappa shape index (κ2) is 31.6. The van der Waals surface area contributed by atoms with Crippen LogP contribution in [0.5, 0.6) is 5.75 Å². The first-order valence-electron chi connectivity index (χ1n) is 23.7. The number of aromatic hydroxyl groups is 1. The van der Waals surface area contributed by atoms with Crippen molar-refractivity contribution >= 4 is 56.0 Å². The number of fused-ring (bicyclic) bond motifs is 4. The number of carboxylic acid groups (broad SMARTS) is 2. The molecule has 3 heterocycles. The number of aromatic carboxylic acids is 2. The van der Waals surface area contributed by atoms with Gasteiger partial charge in [-0.1, -0.05) is 68.0 Å². The van der Waals surface area contributed by atoms with E-state index in [1.807, 2.05) is 48.8 Å². The average molecular weight is 1470 g/mol. The molecule has 0 aromatic heterocycles. The molecule has 3 aliphatic heterocycles. The van der Waals surface area contributed by atoms with Crippen molar-refractivity contribution in [1.82, 2.24) is 5.32 Å². The zero-order valence-corrected chi connectivity index (χ0v) is 60.3. The molecule has 4 aromatic carbocycles. The number of anilines is 1. The van der Waals surface area contributed by atoms with E-state index in [-0.39, 0.29) is 240 Å². The maximum Gasteiger partial charge on any atom is 0.336 e. The quantitative estimate of drug-likeness (QED) is 0.0178. The van der Waals surface area contributed by atoms with Crippen LogP contribution in [-0.4, -0.2) is 69.5 Å². The summed E-state index contributed by atoms with van der Waals surface area (Å²) in [5.41, 5.74) is 6.07. The van der Waals surface area contributed by atoms with Crippen LogP contribution in [0, 0.1) is 21.5 Å². The van der Waals surface area contributed by atoms with Crippen molar-refractivity contribution in [3.05, 3.63) is 179 Å². The third-order valence-corrected chi connectivity index (χ3v) is 14.6. The number of nitrogens with zero attached hydrogens (tertiary/aromatic N) is 2. The minimum absolute atomic E-state index is 0. The molecular formula is C58H60FN3O11SY5-2. The van der Waals surface area contributed by atoms with Gasteiger partial charge in [-0.25, -0.2) is 18.0 Å². The Kier molecular flexibility index (Phi) is 30.0. The zero-order valence-electron chi connectivity index (χ0n) is 45.3. The summed E-state index contributed by atoms with van der Waals surface area (Å²) in [5.74, 6) is -3.18. The number of hydrogen-bond donors (Lipinski definition) is 4. The third kappa shape index (κ3) is 16.0. The minimum Gasteiger partial charge on any atom is -0.744 e. The fraction of sp³-hybridized carbons (Fsp3) is 0.259. The normalized spacial score (nSPS) is 14.1. The Morgan fingerprint density at radius 1 is 0.823 bits per heavy atom. The van der Waals surface area contributed by atoms with Gasteiger partial charge in [0.15, 0.2) is 11.1 Å². The summed E-state index contributed by atoms with van der Waals surface area (Å²) in [4.78, 5) is 52.1. The van der Waals surface area contributed by atoms with Crippen LogP contribution in [0.15, 0.2) is 135 Å². The van der Waals surface area contributed by atoms with Gasteiger partial charge in [0.1, 0.15) is 38.7 Å². The summed E-state index contributed by atoms with van der Waals surface area (Å²) in [6.07, 6.45) is 11.6. The minimum atomic E-state index is -4.84. The van der Waals surface area contributed by atoms with Crippen LogP contribution in [0.1, 0.15) is 103 Å². The number of nitrogens with one attached hydrogen (secondary N) is 1. The molecule has 5 radical (unpaired) electrons. The molecule has 4 aromatic rings. The molecule has 8 rings (SSSR count). The Morgan fingerprint density at radius 2 is 1.51 bits per heavy atom. The second-order valence-corrected chi connectivity index (χ2v) is 20.3. The van der Waals surface area contributed by atoms with Crippen LogP contribution >= 0.6 is 0 Å². The number of aryl methyl sites for hydroxylation is 1. The van der Waals surface area contributed by atoms with Gasteiger partial charge in [-0.05, 0) is 106 Å². The summed E-state index contributed by atoms with van der Waals surface area (Å²) < 4.78 is 55.3. The molecule has 0 saturated carbocycles. The zero-order chi connectivity index (χ0) is 53.2. The number of allylic oxidation sites excluding steroid dienone is 6. The Morgan fingerprint density at radius 3 is 2.15 bits per heavy atom. The van der Waals surface area contributed by atoms with E-state index in [4.69, 9.17) is 4.42 Å². The summed E-state index contributed by atoms with van der Waals surface area (Å²) in [6, 6.07) is 21.9. The molecule has 0 saturated heterocycles. The van der Waals surface area contributed by atoms with Gasteiger partial charge in [0.25, 0.3) is 0 Å². The third-order valence-electron chi connectivity index (χ3n) is 13.7. The predicted octanol–water partition coefficient (Wildman–Crippen LogP) is 11.1. The number of halogens is 1. The molecule has 0 spiro atoms. The number of benzene rings is 5. The van der Waals surface area contributed by atoms with Crippen molar-refractivity contribution < 1.29 is 220 Å². The second-order valence-electron chi connectivity index (χ2n) is 19.0. The molecule has 403 valence electrons. The van der Waals surface area contributed by atoms with Gasteiger partial charge in [0.05, 0.1) is 28.7 Å². The Balaban J connectivity index is 0.00000386. The summed E-state index contributed by atoms with van der Waals surface area (Å²) in [5, 5.41) is 34.0. The molecule has 0 unspecified atom stereocenters. The van der Waals surface area contributed by atoms with Crippen molar-refractivity contribution in [1.29, 1.82) is 0 Å². The van der Waals surface area contributed by atoms with E-state index in [9.17, 15) is 51.9 Å². The first kappa shape index (κ1) is 74.8. The maximum atomic E-state index is 13.4. The molecule has 21 heteroatoms. The standard InChI is InChI=1S/C56H55N3O11S.CH2F.CH3.5Y/c1-7-58-43-26-20-33(2)29-42(43)56(5,6)47(58)17-10-8-11-18-48-55(3,4)41-15-14-16-46(71(67,68)69)51(41)59(48)28-13-9-12-19-49(62)57-32-40-44(61)27-25-38-50(37-24-22-35(60)31-45(37)70-52(38)40)36-23-21-34(53(63)64)30-39(36)54(65)66;1-2;;;;;;/h8,10-11,14-18,20-27,29-31H,7,9,12-13,19,28,32H2,1-6H3,(H4-,57,60,61,62,63,64,65,66,67,68,69);1H2;1H3;;;;;/q;2*-1;;;;;. The number of unbranched alkanes of at least 4 members (excludes halogenated alkanes) is 2. The fourth-order valence-electron chi connectivity index (χ4n) is 10.1. The number of rotatable bonds is 16. The van der Waals surface area contributed by atoms with Gasteiger partial charge >= 0.3 is 11.9 Å². The van der Waals surface area contributed by atoms with E-state index in [0.29, 0.717) is 53.6 Å². The SMILES string of the molecule is CCN1C(=CC=CC=CC2=[N+](CCCCCC(=O)NCc3c(O)ccc4c(-c5ccc(C(=O)O)cc5C(=O)O)c5ccc(=O)cc-5oc34)c3c(cccc3S(=O)(=O)[O-])C2(C)C)C(C)(C)c2cc(C)ccc21.[CH2-]F.[CH3-].[Y].[Y].[Y].[Y].[Y]. The summed E-state index contributed by atoms with van der Waals surface area (Å²) >= 11 is 0. The molecule has 0 fully saturated rings. The van der Waals surface area contributed by atoms with Gasteiger partial charge in [0.2, 0.25) is 11.6 Å². The average Bonchev–Trinajstić information content (AvgIpc) is 3.69. The van der Waals surface area contributed by atoms with E-state index < -0.39 is 32.9 Å². The van der Waals surface area contributed by atoms with Gasteiger partial charge in [0, 0.05) is 234 Å². The van der Waals surface area contributed by atoms with Crippen LogP contribution in [0.2, 0.25) is 0 Å². The molecule has 14 nitrogen and oxygen atoms in total. The van der Waals surface area contributed by atoms with Crippen molar-refractivity contribution in [2.45, 2.75) is 89.5 Å². The van der Waals surface area contributed by atoms with Crippen LogP contribution in [0.4, 0.5) is 15.8 Å². The fourth-order valence-corrected chi connectivity index (χ4v) is 10.8. The van der Waals surface area contributed by atoms with Gasteiger partial charge in [-0.3, -0.25) is 9.59 Å². The van der Waals surface area contributed by atoms with Gasteiger partial charge in [-0.2, -0.15) is 11.8 Å². The molecule has 0 bridgehead atoms. The monoisotopic (exact) mass is 1470 g/mol. The first-order valence-corrected chi connectivity index (χ1v) is 25.1. The van der Waals surface area contributed by atoms with Crippen LogP contribution in [0.3, 0.4) is 0 Å². The van der Waals surface area contributed by atoms with E-state index in [1.54, 1.807) is 13.2 Å². The predicted molar refractivity (Wildman–Crippen MR) is 284 cm³/mol. The Labute approximate surface area is 587 Å². The number of carbonyl (C=O) groups is 3. The number of carbonyl (C=O) groups excluding carboxylic acids is 1. The number of phenolic OH excluding ortho intramolecular Hbond substituents is 1. The van der Waals surface area contributed by atoms with Crippen LogP contribution in [0.25, 0.3) is 33.4 Å². The molecule has 1 amide bonds. The van der Waals surface area contributed by atoms with Crippen molar-refractivity contribution in [2.75, 3.05) is 18.0 Å². The molecule has 1 aliphatic carbocycles. The maximum absolute atomic E-state index is 13.4. The summed E-state index contributed by atoms with van der Waals surface area (Å²) in [6.45, 7) is 13.7. The topological polar surface area (TPSA) is 218 Å². The Hall–Kier alpha value is -2.17. The molecule has 0 atom stereocenters. The van der Waals surface area contributed by atoms with Crippen LogP contribution < -0.4 is 15.6 Å². The molecule has 4 aliphatic rings. The largest absolute Gasteiger partial charge is 0.744 e. The number of carboxylic acids is 2. The van der Waals surface area contributed by atoms with Crippen molar-refractivity contribution in [3.8, 4) is 28.2 Å². The van der Waals surface area contributed by atoms with E-state index in [0.717, 1.165) is 18.3 Å². The van der Waals surface area contributed by atoms with Crippen molar-refractivity contribution in [2.24, 2.45) is 0 Å². The molecule has 79 heavy (non-hydrogen) atoms. The van der Waals surface area contributed by atoms with E-state index >= 15 is 0 Å². The van der Waals surface area contributed by atoms with Gasteiger partial charge < -0.3 is 46.3 Å². The van der Waals surface area contributed by atoms with E-state index in [2.05, 4.69) is 62.2 Å². The number of amides is 1. The number of likely N-dealkylation sites (N-methyl/N-ethyl adjacent to an activating group) is 1. The van der Waals surface area contributed by atoms with E-state index in [1.165, 1.54) is 71.0 Å². The number of phenols is 1. The Bertz CT molecular complexity index is 3480. The molecular weight excluding hydrogens is 1410 g/mol. The first-order chi connectivity index (χ1) is 34.6. The number of hydrogen-bond acceptors (Lipinski definition) is 10. The smallest absolute Gasteiger partial charge is 0.336 e.